The number of likely N-dealkylation sites (tertiary alicyclic amines) is 2. The van der Waals surface area contributed by atoms with Crippen LogP contribution in [0.3, 0.4) is 0 Å². The monoisotopic (exact) mass is 591 g/mol. The normalized spacial score (nSPS) is 19.4. The first-order valence-electron chi connectivity index (χ1n) is 13.2. The number of alkyl halides is 3. The van der Waals surface area contributed by atoms with Gasteiger partial charge in [0.1, 0.15) is 11.9 Å². The molecule has 2 fully saturated rings. The fourth-order valence-electron chi connectivity index (χ4n) is 5.70. The molecule has 224 valence electrons. The standard InChI is InChI=1S/C29H29F4N3O6/c1-15(2)22(34-23(37)19-14-18(29(31,32)33)8-9-20(19)30)25(39)36-12-10-28(11-13-36)21(24(38)35(3)27(28)42)16-4-6-17(7-5-16)26(40)41/h4-9,14-15,21-22H,10-13H2,1-3H3,(H,34,37)(H,40,41)/t21?,22-/m1/s1. The van der Waals surface area contributed by atoms with Crippen molar-refractivity contribution in [2.75, 3.05) is 20.1 Å². The number of halogens is 4. The van der Waals surface area contributed by atoms with Gasteiger partial charge in [-0.1, -0.05) is 26.0 Å². The van der Waals surface area contributed by atoms with Crippen LogP contribution in [-0.4, -0.2) is 70.7 Å². The zero-order chi connectivity index (χ0) is 31.1. The van der Waals surface area contributed by atoms with Gasteiger partial charge in [0.2, 0.25) is 17.7 Å². The lowest BCUT2D eigenvalue weighted by atomic mass is 9.67. The van der Waals surface area contributed by atoms with E-state index >= 15 is 0 Å². The highest BCUT2D eigenvalue weighted by molar-refractivity contribution is 6.10. The van der Waals surface area contributed by atoms with Crippen molar-refractivity contribution in [2.45, 2.75) is 44.8 Å². The number of carbonyl (C=O) groups excluding carboxylic acids is 4. The molecular weight excluding hydrogens is 562 g/mol. The van der Waals surface area contributed by atoms with Gasteiger partial charge in [0.05, 0.1) is 28.0 Å². The van der Waals surface area contributed by atoms with Crippen LogP contribution in [0.4, 0.5) is 17.6 Å². The summed E-state index contributed by atoms with van der Waals surface area (Å²) in [7, 11) is 1.37. The van der Waals surface area contributed by atoms with Crippen LogP contribution in [0.15, 0.2) is 42.5 Å². The number of rotatable bonds is 6. The largest absolute Gasteiger partial charge is 0.478 e. The molecule has 0 aromatic heterocycles. The Morgan fingerprint density at radius 3 is 2.14 bits per heavy atom. The molecule has 0 aliphatic carbocycles. The maximum absolute atomic E-state index is 14.3. The van der Waals surface area contributed by atoms with Crippen molar-refractivity contribution in [3.63, 3.8) is 0 Å². The molecule has 0 radical (unpaired) electrons. The van der Waals surface area contributed by atoms with E-state index in [4.69, 9.17) is 0 Å². The van der Waals surface area contributed by atoms with Crippen molar-refractivity contribution in [1.82, 2.24) is 15.1 Å². The molecule has 0 saturated carbocycles. The number of carboxylic acid groups (broad SMARTS) is 1. The Labute approximate surface area is 238 Å². The third-order valence-corrected chi connectivity index (χ3v) is 8.08. The number of hydrogen-bond acceptors (Lipinski definition) is 5. The van der Waals surface area contributed by atoms with Gasteiger partial charge in [-0.2, -0.15) is 13.2 Å². The van der Waals surface area contributed by atoms with Crippen LogP contribution in [0.2, 0.25) is 0 Å². The fourth-order valence-corrected chi connectivity index (χ4v) is 5.70. The Hall–Kier alpha value is -4.29. The first kappa shape index (κ1) is 30.7. The summed E-state index contributed by atoms with van der Waals surface area (Å²) < 4.78 is 53.7. The first-order chi connectivity index (χ1) is 19.6. The van der Waals surface area contributed by atoms with Crippen molar-refractivity contribution < 1.29 is 46.6 Å². The minimum atomic E-state index is -4.80. The summed E-state index contributed by atoms with van der Waals surface area (Å²) in [5, 5.41) is 11.6. The zero-order valence-corrected chi connectivity index (χ0v) is 23.0. The molecule has 2 N–H and O–H groups in total. The Bertz CT molecular complexity index is 1430. The fraction of sp³-hybridized carbons (Fsp3) is 0.414. The lowest BCUT2D eigenvalue weighted by molar-refractivity contribution is -0.144. The number of benzene rings is 2. The van der Waals surface area contributed by atoms with Gasteiger partial charge in [0, 0.05) is 20.1 Å². The second kappa shape index (κ2) is 11.2. The van der Waals surface area contributed by atoms with Gasteiger partial charge in [-0.3, -0.25) is 24.1 Å². The molecule has 9 nitrogen and oxygen atoms in total. The molecule has 2 saturated heterocycles. The van der Waals surface area contributed by atoms with Crippen LogP contribution in [0.25, 0.3) is 0 Å². The summed E-state index contributed by atoms with van der Waals surface area (Å²) in [6.45, 7) is 3.29. The highest BCUT2D eigenvalue weighted by Crippen LogP contribution is 2.51. The van der Waals surface area contributed by atoms with E-state index in [1.165, 1.54) is 36.2 Å². The molecule has 4 rings (SSSR count). The van der Waals surface area contributed by atoms with E-state index in [2.05, 4.69) is 5.32 Å². The van der Waals surface area contributed by atoms with E-state index < -0.39 is 76.0 Å². The molecule has 2 atom stereocenters. The third-order valence-electron chi connectivity index (χ3n) is 8.08. The number of amides is 4. The van der Waals surface area contributed by atoms with Gasteiger partial charge < -0.3 is 15.3 Å². The summed E-state index contributed by atoms with van der Waals surface area (Å²) in [4.78, 5) is 66.5. The van der Waals surface area contributed by atoms with Crippen LogP contribution in [0, 0.1) is 17.2 Å². The van der Waals surface area contributed by atoms with E-state index in [1.807, 2.05) is 0 Å². The summed E-state index contributed by atoms with van der Waals surface area (Å²) in [6, 6.07) is 5.93. The number of nitrogens with one attached hydrogen (secondary N) is 1. The molecule has 1 unspecified atom stereocenters. The number of nitrogens with zero attached hydrogens (tertiary/aromatic N) is 2. The lowest BCUT2D eigenvalue weighted by Crippen LogP contribution is -2.55. The van der Waals surface area contributed by atoms with Gasteiger partial charge >= 0.3 is 12.1 Å². The molecule has 2 aromatic rings. The van der Waals surface area contributed by atoms with Crippen molar-refractivity contribution in [3.05, 3.63) is 70.5 Å². The average molecular weight is 592 g/mol. The lowest BCUT2D eigenvalue weighted by Gasteiger charge is -2.41. The number of carboxylic acids is 1. The van der Waals surface area contributed by atoms with Crippen molar-refractivity contribution >= 4 is 29.6 Å². The molecule has 4 amide bonds. The Kier molecular flexibility index (Phi) is 8.16. The van der Waals surface area contributed by atoms with Crippen molar-refractivity contribution in [3.8, 4) is 0 Å². The van der Waals surface area contributed by atoms with E-state index in [-0.39, 0.29) is 31.5 Å². The maximum atomic E-state index is 14.3. The van der Waals surface area contributed by atoms with E-state index in [0.717, 1.165) is 4.90 Å². The van der Waals surface area contributed by atoms with Crippen LogP contribution in [-0.2, 0) is 20.6 Å². The SMILES string of the molecule is CC(C)[C@@H](NC(=O)c1cc(C(F)(F)F)ccc1F)C(=O)N1CCC2(CC1)C(=O)N(C)C(=O)C2c1ccc(C(=O)O)cc1. The number of aromatic carboxylic acids is 1. The predicted octanol–water partition coefficient (Wildman–Crippen LogP) is 3.69. The molecular formula is C29H29F4N3O6. The van der Waals surface area contributed by atoms with Crippen LogP contribution in [0.1, 0.15) is 64.4 Å². The van der Waals surface area contributed by atoms with E-state index in [9.17, 15) is 46.6 Å². The van der Waals surface area contributed by atoms with Crippen molar-refractivity contribution in [1.29, 1.82) is 0 Å². The summed E-state index contributed by atoms with van der Waals surface area (Å²) in [6.07, 6.45) is -4.61. The molecule has 1 spiro atoms. The van der Waals surface area contributed by atoms with Gasteiger partial charge in [0.15, 0.2) is 0 Å². The Morgan fingerprint density at radius 2 is 1.62 bits per heavy atom. The highest BCUT2D eigenvalue weighted by atomic mass is 19.4. The minimum Gasteiger partial charge on any atom is -0.478 e. The molecule has 2 aromatic carbocycles. The van der Waals surface area contributed by atoms with E-state index in [1.54, 1.807) is 13.8 Å². The average Bonchev–Trinajstić information content (AvgIpc) is 3.11. The molecule has 2 heterocycles. The molecule has 13 heteroatoms. The number of piperidine rings is 1. The molecule has 42 heavy (non-hydrogen) atoms. The summed E-state index contributed by atoms with van der Waals surface area (Å²) in [5.74, 6) is -6.33. The number of imide groups is 1. The van der Waals surface area contributed by atoms with E-state index in [0.29, 0.717) is 23.8 Å². The Balaban J connectivity index is 1.53. The van der Waals surface area contributed by atoms with Gasteiger partial charge in [-0.15, -0.1) is 0 Å². The molecule has 0 bridgehead atoms. The minimum absolute atomic E-state index is 0.0186. The zero-order valence-electron chi connectivity index (χ0n) is 23.0. The number of hydrogen-bond donors (Lipinski definition) is 2. The van der Waals surface area contributed by atoms with Crippen LogP contribution >= 0.6 is 0 Å². The first-order valence-corrected chi connectivity index (χ1v) is 13.2. The topological polar surface area (TPSA) is 124 Å². The summed E-state index contributed by atoms with van der Waals surface area (Å²) in [5.41, 5.74) is -2.75. The summed E-state index contributed by atoms with van der Waals surface area (Å²) >= 11 is 0. The second-order valence-electron chi connectivity index (χ2n) is 10.9. The van der Waals surface area contributed by atoms with Crippen LogP contribution in [0.5, 0.6) is 0 Å². The van der Waals surface area contributed by atoms with Gasteiger partial charge in [-0.25, -0.2) is 9.18 Å². The third kappa shape index (κ3) is 5.47. The smallest absolute Gasteiger partial charge is 0.416 e. The van der Waals surface area contributed by atoms with Crippen molar-refractivity contribution in [2.24, 2.45) is 11.3 Å². The highest BCUT2D eigenvalue weighted by Gasteiger charge is 2.59. The van der Waals surface area contributed by atoms with Gasteiger partial charge in [-0.05, 0) is 54.7 Å². The predicted molar refractivity (Wildman–Crippen MR) is 140 cm³/mol. The number of likely N-dealkylation sites (N-methyl/N-ethyl adjacent to an activating group) is 1. The molecule has 2 aliphatic rings. The second-order valence-corrected chi connectivity index (χ2v) is 10.9. The maximum Gasteiger partial charge on any atom is 0.416 e. The quantitative estimate of drug-likeness (QED) is 0.390. The van der Waals surface area contributed by atoms with Gasteiger partial charge in [0.25, 0.3) is 5.91 Å². The molecule has 2 aliphatic heterocycles. The van der Waals surface area contributed by atoms with Crippen LogP contribution < -0.4 is 5.32 Å². The Morgan fingerprint density at radius 1 is 1.02 bits per heavy atom. The number of carbonyl (C=O) groups is 5.